The molecule has 2 aromatic rings. The predicted molar refractivity (Wildman–Crippen MR) is 196 cm³/mol. The van der Waals surface area contributed by atoms with E-state index < -0.39 is 35.6 Å². The number of thiazole rings is 1. The van der Waals surface area contributed by atoms with E-state index in [4.69, 9.17) is 15.2 Å². The van der Waals surface area contributed by atoms with Gasteiger partial charge in [-0.25, -0.2) is 14.5 Å². The number of nitrogens with zero attached hydrogens (tertiary/aromatic N) is 7. The largest absolute Gasteiger partial charge is 0.425 e. The summed E-state index contributed by atoms with van der Waals surface area (Å²) in [5, 5.41) is 17.0. The van der Waals surface area contributed by atoms with Crippen LogP contribution in [0.5, 0.6) is 0 Å². The third-order valence-electron chi connectivity index (χ3n) is 8.34. The third-order valence-corrected chi connectivity index (χ3v) is 11.4. The molecule has 0 spiro atoms. The molecule has 20 heteroatoms. The molecule has 15 nitrogen and oxygen atoms in total. The van der Waals surface area contributed by atoms with Gasteiger partial charge >= 0.3 is 11.9 Å². The van der Waals surface area contributed by atoms with Gasteiger partial charge in [0.1, 0.15) is 17.1 Å². The van der Waals surface area contributed by atoms with Crippen LogP contribution in [0.25, 0.3) is 0 Å². The second-order valence-corrected chi connectivity index (χ2v) is 15.2. The Kier molecular flexibility index (Phi) is 16.6. The number of esters is 2. The molecular weight excluding hydrogens is 749 g/mol. The number of unbranched alkanes of at least 4 members (excludes halogenated alkanes) is 1. The maximum Gasteiger partial charge on any atom is 0.358 e. The Morgan fingerprint density at radius 1 is 1.18 bits per heavy atom. The average molecular weight is 795 g/mol. The lowest BCUT2D eigenvalue weighted by molar-refractivity contribution is -0.199. The van der Waals surface area contributed by atoms with Gasteiger partial charge in [-0.2, -0.15) is 0 Å². The zero-order valence-electron chi connectivity index (χ0n) is 28.3. The topological polar surface area (TPSA) is 188 Å². The second-order valence-electron chi connectivity index (χ2n) is 12.3. The summed E-state index contributed by atoms with van der Waals surface area (Å²) in [5.74, 6) is -1.31. The van der Waals surface area contributed by atoms with Gasteiger partial charge in [0.25, 0.3) is 12.2 Å². The number of amides is 2. The van der Waals surface area contributed by atoms with Gasteiger partial charge in [-0.3, -0.25) is 19.3 Å². The lowest BCUT2D eigenvalue weighted by atomic mass is 9.88. The number of tetrazole rings is 1. The van der Waals surface area contributed by atoms with Crippen molar-refractivity contribution in [3.05, 3.63) is 22.3 Å². The number of hydrogen-bond acceptors (Lipinski definition) is 15. The molecule has 2 amide bonds. The zero-order chi connectivity index (χ0) is 34.2. The molecule has 5 rings (SSSR count). The Labute approximate surface area is 316 Å². The molecule has 0 radical (unpaired) electrons. The van der Waals surface area contributed by atoms with E-state index in [1.807, 2.05) is 25.9 Å². The van der Waals surface area contributed by atoms with E-state index in [9.17, 15) is 19.2 Å². The highest BCUT2D eigenvalue weighted by molar-refractivity contribution is 8.01. The number of aromatic nitrogens is 5. The Bertz CT molecular complexity index is 1500. The van der Waals surface area contributed by atoms with Crippen LogP contribution in [0, 0.1) is 5.92 Å². The number of likely N-dealkylation sites (N-methyl/N-ethyl adjacent to an activating group) is 1. The van der Waals surface area contributed by atoms with Crippen molar-refractivity contribution in [3.8, 4) is 0 Å². The number of thioether (sulfide) groups is 2. The fourth-order valence-corrected chi connectivity index (χ4v) is 8.71. The summed E-state index contributed by atoms with van der Waals surface area (Å²) in [6.07, 6.45) is 5.22. The van der Waals surface area contributed by atoms with Crippen LogP contribution in [-0.2, 0) is 41.6 Å². The minimum Gasteiger partial charge on any atom is -0.425 e. The Morgan fingerprint density at radius 2 is 1.94 bits per heavy atom. The van der Waals surface area contributed by atoms with Crippen LogP contribution >= 0.6 is 59.7 Å². The van der Waals surface area contributed by atoms with Crippen molar-refractivity contribution in [1.29, 1.82) is 0 Å². The van der Waals surface area contributed by atoms with Crippen molar-refractivity contribution in [2.75, 3.05) is 37.9 Å². The van der Waals surface area contributed by atoms with E-state index in [1.54, 1.807) is 10.1 Å². The van der Waals surface area contributed by atoms with Crippen molar-refractivity contribution in [2.45, 2.75) is 94.1 Å². The highest BCUT2D eigenvalue weighted by Crippen LogP contribution is 2.42. The van der Waals surface area contributed by atoms with Gasteiger partial charge in [0.15, 0.2) is 5.13 Å². The zero-order valence-corrected chi connectivity index (χ0v) is 32.4. The normalized spacial score (nSPS) is 19.5. The molecule has 1 unspecified atom stereocenters. The molecule has 2 aromatic heterocycles. The van der Waals surface area contributed by atoms with E-state index in [0.29, 0.717) is 46.0 Å². The van der Waals surface area contributed by atoms with Gasteiger partial charge in [-0.15, -0.1) is 53.0 Å². The monoisotopic (exact) mass is 793 g/mol. The summed E-state index contributed by atoms with van der Waals surface area (Å²) in [4.78, 5) is 60.9. The Balaban J connectivity index is 0.00000338. The summed E-state index contributed by atoms with van der Waals surface area (Å²) in [6, 6.07) is -0.824. The standard InChI is InChI=1S/C30H43N9O6S3.2ClH/c1-4-5-11-22(41)44-28(18-9-7-6-8-10-18)45-27(43)24-19(16-48-30-34-35-36-38(30)13-12-37(2)3)15-46-26-23(25(42)39(24)26)33-21(40)14-20-17-47-29(31)32-20;;/h17-18,23,26,28H,4-16H2,1-3H3,(H2,31,32)(H,33,40);2*1H/t23-,26+,28?;;/m1../s1. The number of halogens is 2. The van der Waals surface area contributed by atoms with Crippen molar-refractivity contribution < 1.29 is 28.7 Å². The fourth-order valence-electron chi connectivity index (χ4n) is 5.76. The number of nitrogens with one attached hydrogen (secondary N) is 1. The van der Waals surface area contributed by atoms with Gasteiger partial charge in [0.05, 0.1) is 18.7 Å². The van der Waals surface area contributed by atoms with Crippen molar-refractivity contribution >= 4 is 88.6 Å². The molecule has 2 fully saturated rings. The predicted octanol–water partition coefficient (Wildman–Crippen LogP) is 3.29. The summed E-state index contributed by atoms with van der Waals surface area (Å²) in [7, 11) is 3.93. The Morgan fingerprint density at radius 3 is 2.62 bits per heavy atom. The van der Waals surface area contributed by atoms with Crippen LogP contribution in [0.4, 0.5) is 5.13 Å². The van der Waals surface area contributed by atoms with Crippen LogP contribution in [0.1, 0.15) is 64.0 Å². The minimum absolute atomic E-state index is 0. The summed E-state index contributed by atoms with van der Waals surface area (Å²) in [6.45, 7) is 3.31. The maximum atomic E-state index is 14.1. The quantitative estimate of drug-likeness (QED) is 0.109. The molecule has 278 valence electrons. The van der Waals surface area contributed by atoms with Crippen LogP contribution in [0.15, 0.2) is 21.8 Å². The van der Waals surface area contributed by atoms with Gasteiger partial charge in [0, 0.05) is 35.8 Å². The summed E-state index contributed by atoms with van der Waals surface area (Å²) in [5.41, 5.74) is 7.01. The maximum absolute atomic E-state index is 14.1. The van der Waals surface area contributed by atoms with Crippen molar-refractivity contribution in [1.82, 2.24) is 40.3 Å². The van der Waals surface area contributed by atoms with E-state index in [2.05, 4.69) is 25.8 Å². The lowest BCUT2D eigenvalue weighted by Gasteiger charge is -2.50. The number of hydrogen-bond donors (Lipinski definition) is 2. The number of nitrogen functional groups attached to an aromatic ring is 1. The van der Waals surface area contributed by atoms with Crippen molar-refractivity contribution in [2.24, 2.45) is 5.92 Å². The molecule has 3 aliphatic rings. The molecule has 0 aromatic carbocycles. The first-order chi connectivity index (χ1) is 23.1. The minimum atomic E-state index is -1.05. The number of rotatable bonds is 16. The molecule has 1 aliphatic carbocycles. The SMILES string of the molecule is CCCCC(=O)OC(OC(=O)C1=C(CSc2nnnn2CCN(C)C)CS[C@H]2[C@H](NC(=O)Cc3csc(N)n3)C(=O)N12)C1CCCCC1.Cl.Cl. The van der Waals surface area contributed by atoms with E-state index >= 15 is 0 Å². The summed E-state index contributed by atoms with van der Waals surface area (Å²) >= 11 is 4.06. The Hall–Kier alpha value is -2.64. The summed E-state index contributed by atoms with van der Waals surface area (Å²) < 4.78 is 13.5. The van der Waals surface area contributed by atoms with E-state index in [-0.39, 0.29) is 55.2 Å². The molecule has 1 saturated heterocycles. The van der Waals surface area contributed by atoms with Crippen LogP contribution in [0.2, 0.25) is 0 Å². The van der Waals surface area contributed by atoms with Crippen LogP contribution in [0.3, 0.4) is 0 Å². The number of carbonyl (C=O) groups is 4. The third kappa shape index (κ3) is 10.7. The molecule has 2 aliphatic heterocycles. The number of anilines is 1. The number of carbonyl (C=O) groups excluding carboxylic acids is 4. The van der Waals surface area contributed by atoms with E-state index in [0.717, 1.165) is 45.1 Å². The molecule has 1 saturated carbocycles. The fraction of sp³-hybridized carbons (Fsp3) is 0.667. The first kappa shape index (κ1) is 41.8. The number of fused-ring (bicyclic) bond motifs is 1. The van der Waals surface area contributed by atoms with Crippen LogP contribution < -0.4 is 11.1 Å². The first-order valence-corrected chi connectivity index (χ1v) is 19.2. The number of β-lactam (4-membered cyclic amide) rings is 1. The van der Waals surface area contributed by atoms with Crippen molar-refractivity contribution in [3.63, 3.8) is 0 Å². The number of nitrogens with two attached hydrogens (primary N) is 1. The van der Waals surface area contributed by atoms with Gasteiger partial charge < -0.3 is 25.4 Å². The first-order valence-electron chi connectivity index (χ1n) is 16.2. The molecular formula is C30H45Cl2N9O6S3. The second kappa shape index (κ2) is 19.8. The molecule has 4 heterocycles. The van der Waals surface area contributed by atoms with Gasteiger partial charge in [0.2, 0.25) is 11.1 Å². The molecule has 3 N–H and O–H groups in total. The molecule has 0 bridgehead atoms. The average Bonchev–Trinajstić information content (AvgIpc) is 3.71. The van der Waals surface area contributed by atoms with Gasteiger partial charge in [-0.1, -0.05) is 44.4 Å². The molecule has 50 heavy (non-hydrogen) atoms. The molecule has 3 atom stereocenters. The van der Waals surface area contributed by atoms with Crippen LogP contribution in [-0.4, -0.2) is 109 Å². The smallest absolute Gasteiger partial charge is 0.358 e. The highest BCUT2D eigenvalue weighted by atomic mass is 35.5. The lowest BCUT2D eigenvalue weighted by Crippen LogP contribution is -2.70. The van der Waals surface area contributed by atoms with Gasteiger partial charge in [-0.05, 0) is 49.4 Å². The van der Waals surface area contributed by atoms with E-state index in [1.165, 1.54) is 39.8 Å². The highest BCUT2D eigenvalue weighted by Gasteiger charge is 2.54. The number of ether oxygens (including phenoxy) is 2.